The first-order chi connectivity index (χ1) is 7.56. The van der Waals surface area contributed by atoms with Gasteiger partial charge in [-0.3, -0.25) is 14.3 Å². The molecule has 0 aliphatic heterocycles. The van der Waals surface area contributed by atoms with Crippen LogP contribution in [0.5, 0.6) is 0 Å². The molecule has 16 heavy (non-hydrogen) atoms. The van der Waals surface area contributed by atoms with E-state index in [0.29, 0.717) is 13.1 Å². The van der Waals surface area contributed by atoms with Gasteiger partial charge in [-0.2, -0.15) is 5.10 Å². The van der Waals surface area contributed by atoms with E-state index in [9.17, 15) is 9.59 Å². The largest absolute Gasteiger partial charge is 0.365 e. The summed E-state index contributed by atoms with van der Waals surface area (Å²) in [5.74, 6) is -1.06. The monoisotopic (exact) mass is 225 g/mol. The Morgan fingerprint density at radius 2 is 2.19 bits per heavy atom. The van der Waals surface area contributed by atoms with Gasteiger partial charge in [0.2, 0.25) is 0 Å². The summed E-state index contributed by atoms with van der Waals surface area (Å²) in [4.78, 5) is 22.7. The number of rotatable bonds is 5. The fourth-order valence-electron chi connectivity index (χ4n) is 1.22. The van der Waals surface area contributed by atoms with Crippen molar-refractivity contribution in [1.82, 2.24) is 20.4 Å². The van der Waals surface area contributed by atoms with Crippen molar-refractivity contribution < 1.29 is 9.59 Å². The smallest absolute Gasteiger partial charge is 0.272 e. The molecule has 1 aromatic rings. The van der Waals surface area contributed by atoms with Crippen molar-refractivity contribution in [3.05, 3.63) is 17.5 Å². The van der Waals surface area contributed by atoms with Crippen molar-refractivity contribution >= 4 is 11.8 Å². The second-order valence-electron chi connectivity index (χ2n) is 3.29. The molecule has 1 rings (SSSR count). The summed E-state index contributed by atoms with van der Waals surface area (Å²) in [6.45, 7) is 1.11. The molecule has 0 aliphatic rings. The molecule has 7 nitrogen and oxygen atoms in total. The van der Waals surface area contributed by atoms with Crippen LogP contribution in [0.1, 0.15) is 20.8 Å². The van der Waals surface area contributed by atoms with Crippen LogP contribution in [0, 0.1) is 0 Å². The molecule has 0 spiro atoms. The van der Waals surface area contributed by atoms with Crippen LogP contribution >= 0.6 is 0 Å². The Balaban J connectivity index is 2.78. The lowest BCUT2D eigenvalue weighted by Crippen LogP contribution is -2.32. The molecule has 2 amide bonds. The molecule has 0 fully saturated rings. The van der Waals surface area contributed by atoms with E-state index >= 15 is 0 Å². The maximum Gasteiger partial charge on any atom is 0.272 e. The minimum absolute atomic E-state index is 0.0612. The second-order valence-corrected chi connectivity index (χ2v) is 3.29. The summed E-state index contributed by atoms with van der Waals surface area (Å²) < 4.78 is 1.38. The van der Waals surface area contributed by atoms with Gasteiger partial charge in [-0.25, -0.2) is 0 Å². The Kier molecular flexibility index (Phi) is 4.01. The fraction of sp³-hybridized carbons (Fsp3) is 0.444. The Bertz CT molecular complexity index is 399. The van der Waals surface area contributed by atoms with Crippen molar-refractivity contribution in [1.29, 1.82) is 0 Å². The van der Waals surface area contributed by atoms with Gasteiger partial charge in [-0.1, -0.05) is 0 Å². The number of nitrogens with one attached hydrogen (secondary N) is 2. The van der Waals surface area contributed by atoms with Crippen molar-refractivity contribution in [3.8, 4) is 0 Å². The molecule has 7 heteroatoms. The Morgan fingerprint density at radius 3 is 2.75 bits per heavy atom. The van der Waals surface area contributed by atoms with Gasteiger partial charge in [0.1, 0.15) is 0 Å². The van der Waals surface area contributed by atoms with E-state index in [1.54, 1.807) is 14.1 Å². The zero-order valence-corrected chi connectivity index (χ0v) is 9.28. The first-order valence-corrected chi connectivity index (χ1v) is 4.82. The zero-order chi connectivity index (χ0) is 12.1. The second kappa shape index (κ2) is 5.26. The molecule has 0 radical (unpaired) electrons. The third-order valence-corrected chi connectivity index (χ3v) is 1.97. The number of carbonyl (C=O) groups is 2. The summed E-state index contributed by atoms with van der Waals surface area (Å²) in [5.41, 5.74) is 5.33. The number of nitrogens with two attached hydrogens (primary N) is 1. The number of hydrogen-bond acceptors (Lipinski definition) is 4. The highest BCUT2D eigenvalue weighted by Gasteiger charge is 2.18. The Morgan fingerprint density at radius 1 is 1.50 bits per heavy atom. The molecule has 1 aromatic heterocycles. The lowest BCUT2D eigenvalue weighted by Gasteiger charge is -2.02. The highest BCUT2D eigenvalue weighted by molar-refractivity contribution is 6.05. The summed E-state index contributed by atoms with van der Waals surface area (Å²) in [6, 6.07) is 0. The third-order valence-electron chi connectivity index (χ3n) is 1.97. The van der Waals surface area contributed by atoms with E-state index in [-0.39, 0.29) is 11.3 Å². The van der Waals surface area contributed by atoms with Crippen molar-refractivity contribution in [2.75, 3.05) is 20.1 Å². The number of likely N-dealkylation sites (N-methyl/N-ethyl adjacent to an activating group) is 1. The van der Waals surface area contributed by atoms with Crippen LogP contribution in [0.2, 0.25) is 0 Å². The molecule has 88 valence electrons. The number of amides is 2. The predicted molar refractivity (Wildman–Crippen MR) is 58.0 cm³/mol. The zero-order valence-electron chi connectivity index (χ0n) is 9.28. The topological polar surface area (TPSA) is 102 Å². The highest BCUT2D eigenvalue weighted by Crippen LogP contribution is 2.04. The fourth-order valence-corrected chi connectivity index (χ4v) is 1.22. The normalized spacial score (nSPS) is 10.1. The van der Waals surface area contributed by atoms with Gasteiger partial charge >= 0.3 is 0 Å². The van der Waals surface area contributed by atoms with Gasteiger partial charge in [0.25, 0.3) is 11.8 Å². The van der Waals surface area contributed by atoms with Crippen LogP contribution in [0.4, 0.5) is 0 Å². The molecule has 4 N–H and O–H groups in total. The lowest BCUT2D eigenvalue weighted by atomic mass is 10.2. The molecule has 0 aliphatic carbocycles. The van der Waals surface area contributed by atoms with Crippen LogP contribution < -0.4 is 16.4 Å². The number of aromatic nitrogens is 2. The van der Waals surface area contributed by atoms with E-state index < -0.39 is 11.8 Å². The SMILES string of the molecule is CNCCNC(=O)c1nn(C)cc1C(N)=O. The number of primary amides is 1. The Labute approximate surface area is 93.0 Å². The molecule has 0 saturated heterocycles. The number of nitrogens with zero attached hydrogens (tertiary/aromatic N) is 2. The number of hydrogen-bond donors (Lipinski definition) is 3. The Hall–Kier alpha value is -1.89. The van der Waals surface area contributed by atoms with Crippen LogP contribution in [-0.4, -0.2) is 41.7 Å². The molecular formula is C9H15N5O2. The van der Waals surface area contributed by atoms with E-state index in [1.165, 1.54) is 10.9 Å². The molecule has 0 saturated carbocycles. The minimum Gasteiger partial charge on any atom is -0.365 e. The van der Waals surface area contributed by atoms with Crippen molar-refractivity contribution in [3.63, 3.8) is 0 Å². The highest BCUT2D eigenvalue weighted by atomic mass is 16.2. The summed E-state index contributed by atoms with van der Waals surface area (Å²) in [5, 5.41) is 9.40. The van der Waals surface area contributed by atoms with Gasteiger partial charge < -0.3 is 16.4 Å². The van der Waals surface area contributed by atoms with E-state index in [2.05, 4.69) is 15.7 Å². The molecular weight excluding hydrogens is 210 g/mol. The molecule has 0 unspecified atom stereocenters. The molecule has 0 bridgehead atoms. The lowest BCUT2D eigenvalue weighted by molar-refractivity contribution is 0.0932. The van der Waals surface area contributed by atoms with Gasteiger partial charge in [-0.05, 0) is 7.05 Å². The summed E-state index contributed by atoms with van der Waals surface area (Å²) >= 11 is 0. The van der Waals surface area contributed by atoms with Crippen molar-refractivity contribution in [2.45, 2.75) is 0 Å². The van der Waals surface area contributed by atoms with E-state index in [1.807, 2.05) is 0 Å². The third kappa shape index (κ3) is 2.80. The van der Waals surface area contributed by atoms with Crippen LogP contribution in [0.25, 0.3) is 0 Å². The van der Waals surface area contributed by atoms with Crippen molar-refractivity contribution in [2.24, 2.45) is 12.8 Å². The summed E-state index contributed by atoms with van der Waals surface area (Å²) in [6.07, 6.45) is 1.43. The average molecular weight is 225 g/mol. The summed E-state index contributed by atoms with van der Waals surface area (Å²) in [7, 11) is 3.40. The number of aryl methyl sites for hydroxylation is 1. The van der Waals surface area contributed by atoms with E-state index in [0.717, 1.165) is 0 Å². The molecule has 1 heterocycles. The standard InChI is InChI=1S/C9H15N5O2/c1-11-3-4-12-9(16)7-6(8(10)15)5-14(2)13-7/h5,11H,3-4H2,1-2H3,(H2,10,15)(H,12,16). The van der Waals surface area contributed by atoms with Gasteiger partial charge in [-0.15, -0.1) is 0 Å². The molecule has 0 aromatic carbocycles. The first-order valence-electron chi connectivity index (χ1n) is 4.82. The van der Waals surface area contributed by atoms with Crippen LogP contribution in [0.3, 0.4) is 0 Å². The molecule has 0 atom stereocenters. The maximum absolute atomic E-state index is 11.6. The van der Waals surface area contributed by atoms with E-state index in [4.69, 9.17) is 5.73 Å². The van der Waals surface area contributed by atoms with Gasteiger partial charge in [0, 0.05) is 26.3 Å². The van der Waals surface area contributed by atoms with Gasteiger partial charge in [0.15, 0.2) is 5.69 Å². The maximum atomic E-state index is 11.6. The predicted octanol–water partition coefficient (Wildman–Crippen LogP) is -1.53. The average Bonchev–Trinajstić information content (AvgIpc) is 2.61. The van der Waals surface area contributed by atoms with Crippen LogP contribution in [0.15, 0.2) is 6.20 Å². The van der Waals surface area contributed by atoms with Gasteiger partial charge in [0.05, 0.1) is 5.56 Å². The number of carbonyl (C=O) groups excluding carboxylic acids is 2. The quantitative estimate of drug-likeness (QED) is 0.529. The first kappa shape index (κ1) is 12.2. The minimum atomic E-state index is -0.660. The van der Waals surface area contributed by atoms with Crippen LogP contribution in [-0.2, 0) is 7.05 Å².